The van der Waals surface area contributed by atoms with Crippen molar-refractivity contribution in [1.82, 2.24) is 19.6 Å². The van der Waals surface area contributed by atoms with Crippen molar-refractivity contribution in [3.63, 3.8) is 0 Å². The lowest BCUT2D eigenvalue weighted by molar-refractivity contribution is 0.491. The Morgan fingerprint density at radius 2 is 2.17 bits per heavy atom. The molecule has 0 radical (unpaired) electrons. The van der Waals surface area contributed by atoms with E-state index in [1.165, 1.54) is 5.56 Å². The molecule has 0 aliphatic carbocycles. The zero-order valence-electron chi connectivity index (χ0n) is 14.1. The van der Waals surface area contributed by atoms with Crippen LogP contribution in [0.5, 0.6) is 0 Å². The van der Waals surface area contributed by atoms with E-state index in [-0.39, 0.29) is 11.1 Å². The molecule has 2 N–H and O–H groups in total. The number of nitrogens with zero attached hydrogens (tertiary/aromatic N) is 2. The molecule has 1 atom stereocenters. The van der Waals surface area contributed by atoms with Gasteiger partial charge in [-0.1, -0.05) is 38.1 Å². The average Bonchev–Trinajstić information content (AvgIpc) is 3.01. The lowest BCUT2D eigenvalue weighted by atomic mass is 9.95. The number of rotatable bonds is 6. The Hall–Kier alpha value is -1.70. The molecule has 0 fully saturated rings. The fourth-order valence-electron chi connectivity index (χ4n) is 3.04. The minimum absolute atomic E-state index is 0.0116. The van der Waals surface area contributed by atoms with Gasteiger partial charge in [0.2, 0.25) is 0 Å². The number of imidazole rings is 1. The third kappa shape index (κ3) is 3.85. The summed E-state index contributed by atoms with van der Waals surface area (Å²) in [5.41, 5.74) is 2.44. The van der Waals surface area contributed by atoms with Gasteiger partial charge in [-0.05, 0) is 30.0 Å². The van der Waals surface area contributed by atoms with Crippen LogP contribution in [-0.4, -0.2) is 31.1 Å². The Morgan fingerprint density at radius 1 is 1.38 bits per heavy atom. The molecule has 0 saturated carbocycles. The standard InChI is InChI=1S/C17H24N4O2S/c1-13(2)10-21-11-17(19-12-21)24(22,23)20-9-16-15-6-4-3-5-14(15)7-8-18-16/h3-6,11-13,16,18,20H,7-10H2,1-2H3. The molecule has 1 aromatic carbocycles. The van der Waals surface area contributed by atoms with E-state index in [1.54, 1.807) is 12.5 Å². The number of fused-ring (bicyclic) bond motifs is 1. The Labute approximate surface area is 143 Å². The minimum Gasteiger partial charge on any atom is -0.336 e. The number of aromatic nitrogens is 2. The molecule has 2 heterocycles. The molecule has 0 spiro atoms. The fourth-order valence-corrected chi connectivity index (χ4v) is 4.04. The van der Waals surface area contributed by atoms with Crippen LogP contribution in [0, 0.1) is 5.92 Å². The molecule has 7 heteroatoms. The summed E-state index contributed by atoms with van der Waals surface area (Å²) in [7, 11) is -3.60. The van der Waals surface area contributed by atoms with E-state index in [2.05, 4.69) is 41.0 Å². The van der Waals surface area contributed by atoms with Crippen molar-refractivity contribution in [2.24, 2.45) is 5.92 Å². The molecule has 1 aromatic heterocycles. The highest BCUT2D eigenvalue weighted by molar-refractivity contribution is 7.89. The highest BCUT2D eigenvalue weighted by Crippen LogP contribution is 2.22. The first kappa shape index (κ1) is 17.1. The van der Waals surface area contributed by atoms with Gasteiger partial charge in [0.1, 0.15) is 0 Å². The van der Waals surface area contributed by atoms with Crippen LogP contribution < -0.4 is 10.0 Å². The molecule has 2 aromatic rings. The van der Waals surface area contributed by atoms with Crippen LogP contribution in [0.25, 0.3) is 0 Å². The smallest absolute Gasteiger partial charge is 0.259 e. The lowest BCUT2D eigenvalue weighted by Gasteiger charge is -2.26. The highest BCUT2D eigenvalue weighted by Gasteiger charge is 2.23. The largest absolute Gasteiger partial charge is 0.336 e. The number of benzene rings is 1. The van der Waals surface area contributed by atoms with Gasteiger partial charge in [-0.15, -0.1) is 0 Å². The summed E-state index contributed by atoms with van der Waals surface area (Å²) in [6.45, 7) is 6.08. The Morgan fingerprint density at radius 3 is 2.96 bits per heavy atom. The Balaban J connectivity index is 1.69. The van der Waals surface area contributed by atoms with E-state index in [0.717, 1.165) is 25.1 Å². The molecular formula is C17H24N4O2S. The van der Waals surface area contributed by atoms with Crippen LogP contribution in [0.2, 0.25) is 0 Å². The minimum atomic E-state index is -3.60. The van der Waals surface area contributed by atoms with E-state index in [9.17, 15) is 8.42 Å². The summed E-state index contributed by atoms with van der Waals surface area (Å²) in [5.74, 6) is 0.436. The first-order chi connectivity index (χ1) is 11.5. The molecule has 6 nitrogen and oxygen atoms in total. The van der Waals surface area contributed by atoms with Crippen LogP contribution in [-0.2, 0) is 23.0 Å². The predicted molar refractivity (Wildman–Crippen MR) is 93.1 cm³/mol. The molecule has 0 bridgehead atoms. The third-order valence-corrected chi connectivity index (χ3v) is 5.46. The summed E-state index contributed by atoms with van der Waals surface area (Å²) < 4.78 is 29.4. The van der Waals surface area contributed by atoms with E-state index < -0.39 is 10.0 Å². The van der Waals surface area contributed by atoms with Crippen molar-refractivity contribution in [3.8, 4) is 0 Å². The van der Waals surface area contributed by atoms with Crippen LogP contribution in [0.15, 0.2) is 41.8 Å². The molecule has 1 aliphatic rings. The zero-order valence-corrected chi connectivity index (χ0v) is 14.9. The average molecular weight is 348 g/mol. The molecule has 1 aliphatic heterocycles. The second-order valence-electron chi connectivity index (χ2n) is 6.61. The van der Waals surface area contributed by atoms with Crippen molar-refractivity contribution in [2.45, 2.75) is 37.9 Å². The molecule has 0 saturated heterocycles. The van der Waals surface area contributed by atoms with E-state index in [4.69, 9.17) is 0 Å². The molecule has 24 heavy (non-hydrogen) atoms. The molecule has 3 rings (SSSR count). The van der Waals surface area contributed by atoms with Crippen molar-refractivity contribution < 1.29 is 8.42 Å². The van der Waals surface area contributed by atoms with Gasteiger partial charge in [-0.2, -0.15) is 0 Å². The highest BCUT2D eigenvalue weighted by atomic mass is 32.2. The second kappa shape index (κ2) is 7.04. The van der Waals surface area contributed by atoms with Crippen molar-refractivity contribution in [2.75, 3.05) is 13.1 Å². The third-order valence-electron chi connectivity index (χ3n) is 4.15. The zero-order chi connectivity index (χ0) is 17.2. The van der Waals surface area contributed by atoms with Crippen molar-refractivity contribution >= 4 is 10.0 Å². The van der Waals surface area contributed by atoms with Crippen LogP contribution in [0.1, 0.15) is 31.0 Å². The van der Waals surface area contributed by atoms with Crippen molar-refractivity contribution in [1.29, 1.82) is 0 Å². The maximum Gasteiger partial charge on any atom is 0.259 e. The molecule has 0 amide bonds. The van der Waals surface area contributed by atoms with Gasteiger partial charge in [0.25, 0.3) is 10.0 Å². The first-order valence-corrected chi connectivity index (χ1v) is 9.76. The van der Waals surface area contributed by atoms with Gasteiger partial charge in [0, 0.05) is 25.3 Å². The molecule has 130 valence electrons. The topological polar surface area (TPSA) is 76.0 Å². The normalized spacial score (nSPS) is 17.9. The second-order valence-corrected chi connectivity index (χ2v) is 8.32. The molecular weight excluding hydrogens is 324 g/mol. The van der Waals surface area contributed by atoms with Gasteiger partial charge >= 0.3 is 0 Å². The predicted octanol–water partition coefficient (Wildman–Crippen LogP) is 1.70. The summed E-state index contributed by atoms with van der Waals surface area (Å²) >= 11 is 0. The maximum atomic E-state index is 12.5. The van der Waals surface area contributed by atoms with E-state index >= 15 is 0 Å². The van der Waals surface area contributed by atoms with Gasteiger partial charge in [-0.25, -0.2) is 18.1 Å². The van der Waals surface area contributed by atoms with Gasteiger partial charge < -0.3 is 9.88 Å². The number of hydrogen-bond acceptors (Lipinski definition) is 4. The summed E-state index contributed by atoms with van der Waals surface area (Å²) in [6, 6.07) is 8.15. The molecule has 1 unspecified atom stereocenters. The number of hydrogen-bond donors (Lipinski definition) is 2. The Kier molecular flexibility index (Phi) is 5.03. The maximum absolute atomic E-state index is 12.5. The van der Waals surface area contributed by atoms with E-state index in [1.807, 2.05) is 16.7 Å². The first-order valence-electron chi connectivity index (χ1n) is 8.28. The van der Waals surface area contributed by atoms with Gasteiger partial charge in [0.05, 0.1) is 6.33 Å². The van der Waals surface area contributed by atoms with Gasteiger partial charge in [0.15, 0.2) is 5.03 Å². The van der Waals surface area contributed by atoms with Crippen LogP contribution in [0.4, 0.5) is 0 Å². The quantitative estimate of drug-likeness (QED) is 0.833. The monoisotopic (exact) mass is 348 g/mol. The lowest BCUT2D eigenvalue weighted by Crippen LogP contribution is -2.38. The van der Waals surface area contributed by atoms with Crippen LogP contribution in [0.3, 0.4) is 0 Å². The van der Waals surface area contributed by atoms with Crippen LogP contribution >= 0.6 is 0 Å². The Bertz CT molecular complexity index is 798. The number of sulfonamides is 1. The van der Waals surface area contributed by atoms with Gasteiger partial charge in [-0.3, -0.25) is 0 Å². The number of nitrogens with one attached hydrogen (secondary N) is 2. The summed E-state index contributed by atoms with van der Waals surface area (Å²) in [6.07, 6.45) is 4.13. The summed E-state index contributed by atoms with van der Waals surface area (Å²) in [5, 5.41) is 3.45. The fraction of sp³-hybridized carbons (Fsp3) is 0.471. The summed E-state index contributed by atoms with van der Waals surface area (Å²) in [4.78, 5) is 4.04. The SMILES string of the molecule is CC(C)Cn1cnc(S(=O)(=O)NCC2NCCc3ccccc32)c1. The van der Waals surface area contributed by atoms with E-state index in [0.29, 0.717) is 12.5 Å². The van der Waals surface area contributed by atoms with Crippen molar-refractivity contribution in [3.05, 3.63) is 47.9 Å².